The van der Waals surface area contributed by atoms with Crippen molar-refractivity contribution in [3.05, 3.63) is 31.9 Å². The number of aliphatic carboxylic acids is 1. The van der Waals surface area contributed by atoms with E-state index in [0.717, 1.165) is 64.2 Å². The predicted octanol–water partition coefficient (Wildman–Crippen LogP) is 6.40. The summed E-state index contributed by atoms with van der Waals surface area (Å²) in [4.78, 5) is 54.5. The third kappa shape index (κ3) is 9.91. The number of nitrogens with zero attached hydrogens (tertiary/aromatic N) is 4. The van der Waals surface area contributed by atoms with Gasteiger partial charge in [0.2, 0.25) is 0 Å². The van der Waals surface area contributed by atoms with Gasteiger partial charge in [-0.15, -0.1) is 0 Å². The highest BCUT2D eigenvalue weighted by Gasteiger charge is 2.34. The van der Waals surface area contributed by atoms with Gasteiger partial charge in [0.1, 0.15) is 21.8 Å². The number of hydrogen-bond acceptors (Lipinski definition) is 9. The summed E-state index contributed by atoms with van der Waals surface area (Å²) in [5.41, 5.74) is 0.951. The number of aromatic nitrogens is 1. The number of piperidine rings is 1. The topological polar surface area (TPSA) is 133 Å². The molecular formula is C34H48N4O6S2. The zero-order valence-corrected chi connectivity index (χ0v) is 29.1. The summed E-state index contributed by atoms with van der Waals surface area (Å²) in [6.45, 7) is 8.02. The number of pyridine rings is 1. The number of rotatable bonds is 18. The second-order valence-electron chi connectivity index (χ2n) is 12.0. The van der Waals surface area contributed by atoms with Crippen LogP contribution in [0, 0.1) is 24.2 Å². The number of carbonyl (C=O) groups excluding carboxylic acids is 2. The zero-order valence-electron chi connectivity index (χ0n) is 27.5. The Morgan fingerprint density at radius 2 is 1.65 bits per heavy atom. The Labute approximate surface area is 282 Å². The van der Waals surface area contributed by atoms with Crippen LogP contribution in [0.5, 0.6) is 0 Å². The summed E-state index contributed by atoms with van der Waals surface area (Å²) >= 11 is 6.87. The highest BCUT2D eigenvalue weighted by atomic mass is 32.2. The van der Waals surface area contributed by atoms with Crippen molar-refractivity contribution in [2.75, 3.05) is 31.1 Å². The molecule has 12 heteroatoms. The molecule has 1 amide bonds. The van der Waals surface area contributed by atoms with E-state index in [1.807, 2.05) is 6.92 Å². The van der Waals surface area contributed by atoms with Gasteiger partial charge in [0.15, 0.2) is 0 Å². The normalized spacial score (nSPS) is 16.3. The molecule has 1 aromatic heterocycles. The minimum atomic E-state index is -0.739. The van der Waals surface area contributed by atoms with Crippen molar-refractivity contribution in [1.82, 2.24) is 9.47 Å². The second kappa shape index (κ2) is 18.8. The molecule has 0 saturated carbocycles. The van der Waals surface area contributed by atoms with E-state index < -0.39 is 5.97 Å². The molecule has 2 fully saturated rings. The van der Waals surface area contributed by atoms with Gasteiger partial charge in [-0.1, -0.05) is 75.8 Å². The number of esters is 1. The SMILES string of the molecule is CCCCn1c(N2CCC(C(=O)OCC)CC2)c(/C=C2/SC(=S)N(CCCCCCCCCCC(=O)O)C2=O)c(C)c(C#N)c1=O. The summed E-state index contributed by atoms with van der Waals surface area (Å²) in [6.07, 6.45) is 12.6. The molecule has 0 aliphatic carbocycles. The predicted molar refractivity (Wildman–Crippen MR) is 186 cm³/mol. The largest absolute Gasteiger partial charge is 0.481 e. The Kier molecular flexibility index (Phi) is 15.3. The van der Waals surface area contributed by atoms with Gasteiger partial charge in [-0.3, -0.25) is 28.6 Å². The third-order valence-electron chi connectivity index (χ3n) is 8.67. The molecule has 3 heterocycles. The van der Waals surface area contributed by atoms with E-state index in [1.165, 1.54) is 11.8 Å². The van der Waals surface area contributed by atoms with Gasteiger partial charge in [-0.2, -0.15) is 5.26 Å². The van der Waals surface area contributed by atoms with E-state index in [1.54, 1.807) is 29.4 Å². The van der Waals surface area contributed by atoms with E-state index in [4.69, 9.17) is 22.1 Å². The van der Waals surface area contributed by atoms with Crippen molar-refractivity contribution in [2.45, 2.75) is 111 Å². The standard InChI is InChI=1S/C34H48N4O6S2/c1-4-6-18-37-30(36-20-16-25(17-21-36)33(43)44-5-2)26(24(3)27(23-35)31(37)41)22-28-32(42)38(34(45)46-28)19-14-12-10-8-7-9-11-13-15-29(39)40/h22,25H,4-21H2,1-3H3,(H,39,40)/b28-22+. The fourth-order valence-electron chi connectivity index (χ4n) is 6.03. The molecule has 0 spiro atoms. The average molecular weight is 673 g/mol. The van der Waals surface area contributed by atoms with Crippen LogP contribution in [0.15, 0.2) is 9.70 Å². The molecule has 0 atom stereocenters. The van der Waals surface area contributed by atoms with Gasteiger partial charge in [-0.05, 0) is 57.6 Å². The molecule has 2 aliphatic heterocycles. The smallest absolute Gasteiger partial charge is 0.309 e. The first kappa shape index (κ1) is 37.3. The quantitative estimate of drug-likeness (QED) is 0.0808. The van der Waals surface area contributed by atoms with Crippen LogP contribution in [0.4, 0.5) is 5.82 Å². The lowest BCUT2D eigenvalue weighted by Crippen LogP contribution is -2.41. The van der Waals surface area contributed by atoms with E-state index >= 15 is 0 Å². The minimum Gasteiger partial charge on any atom is -0.481 e. The van der Waals surface area contributed by atoms with Crippen LogP contribution >= 0.6 is 24.0 Å². The molecular weight excluding hydrogens is 625 g/mol. The Balaban J connectivity index is 1.77. The van der Waals surface area contributed by atoms with Crippen molar-refractivity contribution in [2.24, 2.45) is 5.92 Å². The molecule has 1 aromatic rings. The maximum Gasteiger partial charge on any atom is 0.309 e. The van der Waals surface area contributed by atoms with E-state index in [-0.39, 0.29) is 35.3 Å². The Morgan fingerprint density at radius 3 is 2.24 bits per heavy atom. The number of amides is 1. The zero-order chi connectivity index (χ0) is 33.6. The first-order chi connectivity index (χ1) is 22.1. The van der Waals surface area contributed by atoms with Crippen molar-refractivity contribution in [3.8, 4) is 6.07 Å². The van der Waals surface area contributed by atoms with Crippen LogP contribution in [0.2, 0.25) is 0 Å². The lowest BCUT2D eigenvalue weighted by molar-refractivity contribution is -0.148. The van der Waals surface area contributed by atoms with Crippen LogP contribution in [0.3, 0.4) is 0 Å². The highest BCUT2D eigenvalue weighted by Crippen LogP contribution is 2.37. The average Bonchev–Trinajstić information content (AvgIpc) is 3.30. The fourth-order valence-corrected chi connectivity index (χ4v) is 7.32. The number of nitriles is 1. The maximum absolute atomic E-state index is 13.6. The van der Waals surface area contributed by atoms with Gasteiger partial charge >= 0.3 is 11.9 Å². The van der Waals surface area contributed by atoms with Gasteiger partial charge in [0.25, 0.3) is 11.5 Å². The fraction of sp³-hybridized carbons (Fsp3) is 0.647. The number of hydrogen-bond donors (Lipinski definition) is 1. The number of anilines is 1. The summed E-state index contributed by atoms with van der Waals surface area (Å²) in [6, 6.07) is 2.11. The summed E-state index contributed by atoms with van der Waals surface area (Å²) in [7, 11) is 0. The maximum atomic E-state index is 13.6. The lowest BCUT2D eigenvalue weighted by atomic mass is 9.95. The van der Waals surface area contributed by atoms with Gasteiger partial charge in [0, 0.05) is 38.2 Å². The first-order valence-corrected chi connectivity index (χ1v) is 17.9. The van der Waals surface area contributed by atoms with Crippen molar-refractivity contribution < 1.29 is 24.2 Å². The molecule has 0 radical (unpaired) electrons. The number of thioether (sulfide) groups is 1. The Morgan fingerprint density at radius 1 is 1.02 bits per heavy atom. The summed E-state index contributed by atoms with van der Waals surface area (Å²) in [5.74, 6) is -0.611. The number of carboxylic acids is 1. The van der Waals surface area contributed by atoms with Gasteiger partial charge < -0.3 is 14.7 Å². The first-order valence-electron chi connectivity index (χ1n) is 16.7. The van der Waals surface area contributed by atoms with E-state index in [9.17, 15) is 24.4 Å². The van der Waals surface area contributed by atoms with Crippen LogP contribution in [-0.4, -0.2) is 63.0 Å². The second-order valence-corrected chi connectivity index (χ2v) is 13.7. The van der Waals surface area contributed by atoms with Crippen LogP contribution in [0.25, 0.3) is 6.08 Å². The molecule has 3 rings (SSSR count). The highest BCUT2D eigenvalue weighted by molar-refractivity contribution is 8.26. The summed E-state index contributed by atoms with van der Waals surface area (Å²) < 4.78 is 7.43. The number of thiocarbonyl (C=S) groups is 1. The molecule has 0 bridgehead atoms. The number of carboxylic acid groups (broad SMARTS) is 1. The summed E-state index contributed by atoms with van der Waals surface area (Å²) in [5, 5.41) is 18.7. The molecule has 10 nitrogen and oxygen atoms in total. The minimum absolute atomic E-state index is 0.0740. The lowest BCUT2D eigenvalue weighted by Gasteiger charge is -2.35. The van der Waals surface area contributed by atoms with E-state index in [2.05, 4.69) is 11.0 Å². The number of unbranched alkanes of at least 4 members (excludes halogenated alkanes) is 8. The molecule has 2 saturated heterocycles. The molecule has 46 heavy (non-hydrogen) atoms. The molecule has 0 unspecified atom stereocenters. The van der Waals surface area contributed by atoms with Gasteiger partial charge in [0.05, 0.1) is 17.4 Å². The van der Waals surface area contributed by atoms with Crippen LogP contribution in [0.1, 0.15) is 114 Å². The molecule has 1 N–H and O–H groups in total. The number of ether oxygens (including phenoxy) is 1. The Hall–Kier alpha value is -3.17. The van der Waals surface area contributed by atoms with Crippen molar-refractivity contribution in [3.63, 3.8) is 0 Å². The van der Waals surface area contributed by atoms with Crippen LogP contribution in [-0.2, 0) is 25.7 Å². The van der Waals surface area contributed by atoms with Gasteiger partial charge in [-0.25, -0.2) is 0 Å². The molecule has 0 aromatic carbocycles. The van der Waals surface area contributed by atoms with Crippen molar-refractivity contribution >= 4 is 58.0 Å². The third-order valence-corrected chi connectivity index (χ3v) is 10.0. The number of carbonyl (C=O) groups is 3. The monoisotopic (exact) mass is 672 g/mol. The van der Waals surface area contributed by atoms with Crippen molar-refractivity contribution in [1.29, 1.82) is 5.26 Å². The van der Waals surface area contributed by atoms with Crippen LogP contribution < -0.4 is 10.5 Å². The Bertz CT molecular complexity index is 1390. The van der Waals surface area contributed by atoms with E-state index in [0.29, 0.717) is 71.8 Å². The molecule has 2 aliphatic rings. The molecule has 252 valence electrons.